The Balaban J connectivity index is 2.18. The Bertz CT molecular complexity index is 684. The van der Waals surface area contributed by atoms with E-state index in [-0.39, 0.29) is 11.1 Å². The topological polar surface area (TPSA) is 59.1 Å². The minimum Gasteiger partial charge on any atom is -0.493 e. The molecule has 0 radical (unpaired) electrons. The van der Waals surface area contributed by atoms with Crippen LogP contribution >= 0.6 is 11.8 Å². The van der Waals surface area contributed by atoms with Gasteiger partial charge in [0.2, 0.25) is 0 Å². The number of nitrogens with zero attached hydrogens (tertiary/aromatic N) is 2. The van der Waals surface area contributed by atoms with Crippen LogP contribution in [0.3, 0.4) is 0 Å². The molecule has 26 heavy (non-hydrogen) atoms. The molecule has 1 fully saturated rings. The van der Waals surface area contributed by atoms with Crippen LogP contribution in [0.25, 0.3) is 6.08 Å². The summed E-state index contributed by atoms with van der Waals surface area (Å²) in [7, 11) is 3.13. The number of carbonyl (C=O) groups is 2. The summed E-state index contributed by atoms with van der Waals surface area (Å²) in [6.07, 6.45) is 3.69. The van der Waals surface area contributed by atoms with Crippen molar-refractivity contribution in [1.29, 1.82) is 0 Å². The number of hydrogen-bond acceptors (Lipinski definition) is 6. The molecule has 1 aliphatic heterocycles. The molecule has 0 aliphatic carbocycles. The van der Waals surface area contributed by atoms with Gasteiger partial charge >= 0.3 is 0 Å². The van der Waals surface area contributed by atoms with Crippen molar-refractivity contribution in [3.8, 4) is 11.5 Å². The van der Waals surface area contributed by atoms with Crippen molar-refractivity contribution in [2.75, 3.05) is 34.0 Å². The predicted molar refractivity (Wildman–Crippen MR) is 104 cm³/mol. The third-order valence-electron chi connectivity index (χ3n) is 4.00. The van der Waals surface area contributed by atoms with Crippen LogP contribution in [-0.2, 0) is 4.79 Å². The Morgan fingerprint density at radius 3 is 2.31 bits per heavy atom. The second-order valence-electron chi connectivity index (χ2n) is 5.98. The second kappa shape index (κ2) is 9.64. The number of methoxy groups -OCH3 is 2. The van der Waals surface area contributed by atoms with E-state index in [1.54, 1.807) is 32.4 Å². The highest BCUT2D eigenvalue weighted by molar-refractivity contribution is 8.18. The molecule has 0 bridgehead atoms. The molecular formula is C19H26N2O4S. The van der Waals surface area contributed by atoms with Crippen molar-refractivity contribution in [1.82, 2.24) is 9.80 Å². The molecule has 0 spiro atoms. The van der Waals surface area contributed by atoms with Crippen LogP contribution in [0.5, 0.6) is 11.5 Å². The third-order valence-corrected chi connectivity index (χ3v) is 4.91. The van der Waals surface area contributed by atoms with Crippen molar-refractivity contribution >= 4 is 29.0 Å². The van der Waals surface area contributed by atoms with Crippen LogP contribution in [0.15, 0.2) is 23.1 Å². The average Bonchev–Trinajstić information content (AvgIpc) is 2.89. The molecule has 2 amide bonds. The van der Waals surface area contributed by atoms with Gasteiger partial charge in [-0.25, -0.2) is 0 Å². The zero-order chi connectivity index (χ0) is 19.1. The number of carbonyl (C=O) groups excluding carboxylic acids is 2. The molecule has 142 valence electrons. The molecule has 1 aromatic rings. The fourth-order valence-electron chi connectivity index (χ4n) is 2.80. The summed E-state index contributed by atoms with van der Waals surface area (Å²) < 4.78 is 10.5. The summed E-state index contributed by atoms with van der Waals surface area (Å²) in [5.41, 5.74) is 0.784. The van der Waals surface area contributed by atoms with Crippen molar-refractivity contribution in [3.05, 3.63) is 28.7 Å². The standard InChI is InChI=1S/C19H26N2O4S/c1-5-9-20(10-6-2)13-21-18(22)17(26-19(21)23)12-14-7-8-15(24-3)16(11-14)25-4/h7-8,11-12H,5-6,9-10,13H2,1-4H3. The number of amides is 2. The first-order valence-corrected chi connectivity index (χ1v) is 9.55. The largest absolute Gasteiger partial charge is 0.493 e. The molecule has 0 N–H and O–H groups in total. The quantitative estimate of drug-likeness (QED) is 0.609. The molecule has 1 aliphatic rings. The molecule has 1 saturated heterocycles. The van der Waals surface area contributed by atoms with E-state index >= 15 is 0 Å². The van der Waals surface area contributed by atoms with Gasteiger partial charge in [-0.05, 0) is 61.5 Å². The van der Waals surface area contributed by atoms with Crippen molar-refractivity contribution < 1.29 is 19.1 Å². The predicted octanol–water partition coefficient (Wildman–Crippen LogP) is 3.82. The highest BCUT2D eigenvalue weighted by Crippen LogP contribution is 2.34. The van der Waals surface area contributed by atoms with Crippen LogP contribution in [0.1, 0.15) is 32.3 Å². The molecule has 0 atom stereocenters. The first kappa shape index (κ1) is 20.3. The summed E-state index contributed by atoms with van der Waals surface area (Å²) in [5.74, 6) is 0.956. The van der Waals surface area contributed by atoms with E-state index in [1.807, 2.05) is 6.07 Å². The maximum absolute atomic E-state index is 12.7. The average molecular weight is 378 g/mol. The first-order valence-electron chi connectivity index (χ1n) is 8.73. The van der Waals surface area contributed by atoms with Gasteiger partial charge in [-0.1, -0.05) is 19.9 Å². The van der Waals surface area contributed by atoms with Crippen molar-refractivity contribution in [2.24, 2.45) is 0 Å². The van der Waals surface area contributed by atoms with E-state index < -0.39 is 0 Å². The normalized spacial score (nSPS) is 16.0. The summed E-state index contributed by atoms with van der Waals surface area (Å²) in [4.78, 5) is 28.9. The number of hydrogen-bond donors (Lipinski definition) is 0. The van der Waals surface area contributed by atoms with E-state index in [9.17, 15) is 9.59 Å². The zero-order valence-electron chi connectivity index (χ0n) is 15.8. The lowest BCUT2D eigenvalue weighted by molar-refractivity contribution is -0.124. The van der Waals surface area contributed by atoms with E-state index in [2.05, 4.69) is 18.7 Å². The Morgan fingerprint density at radius 1 is 1.08 bits per heavy atom. The van der Waals surface area contributed by atoms with Crippen molar-refractivity contribution in [3.63, 3.8) is 0 Å². The summed E-state index contributed by atoms with van der Waals surface area (Å²) in [6, 6.07) is 5.39. The monoisotopic (exact) mass is 378 g/mol. The van der Waals surface area contributed by atoms with Gasteiger partial charge in [0.1, 0.15) is 0 Å². The molecule has 0 saturated carbocycles. The van der Waals surface area contributed by atoms with E-state index in [0.717, 1.165) is 43.3 Å². The fraction of sp³-hybridized carbons (Fsp3) is 0.474. The first-order chi connectivity index (χ1) is 12.5. The molecule has 0 aromatic heterocycles. The van der Waals surface area contributed by atoms with Crippen LogP contribution in [0, 0.1) is 0 Å². The Kier molecular flexibility index (Phi) is 7.53. The lowest BCUT2D eigenvalue weighted by Crippen LogP contribution is -2.41. The van der Waals surface area contributed by atoms with Gasteiger partial charge in [0, 0.05) is 0 Å². The minimum absolute atomic E-state index is 0.223. The highest BCUT2D eigenvalue weighted by Gasteiger charge is 2.35. The number of imide groups is 1. The van der Waals surface area contributed by atoms with Gasteiger partial charge < -0.3 is 9.47 Å². The van der Waals surface area contributed by atoms with Gasteiger partial charge in [-0.15, -0.1) is 0 Å². The number of rotatable bonds is 9. The van der Waals surface area contributed by atoms with E-state index in [0.29, 0.717) is 23.1 Å². The van der Waals surface area contributed by atoms with Crippen LogP contribution in [0.4, 0.5) is 4.79 Å². The number of thioether (sulfide) groups is 1. The molecule has 1 aromatic carbocycles. The van der Waals surface area contributed by atoms with Crippen LogP contribution in [0.2, 0.25) is 0 Å². The Labute approximate surface area is 159 Å². The number of ether oxygens (including phenoxy) is 2. The molecular weight excluding hydrogens is 352 g/mol. The second-order valence-corrected chi connectivity index (χ2v) is 6.98. The van der Waals surface area contributed by atoms with Gasteiger partial charge in [0.25, 0.3) is 11.1 Å². The van der Waals surface area contributed by atoms with E-state index in [1.165, 1.54) is 4.90 Å². The van der Waals surface area contributed by atoms with Gasteiger partial charge in [-0.2, -0.15) is 0 Å². The molecule has 2 rings (SSSR count). The lowest BCUT2D eigenvalue weighted by atomic mass is 10.2. The smallest absolute Gasteiger partial charge is 0.294 e. The minimum atomic E-state index is -0.244. The third kappa shape index (κ3) is 4.80. The van der Waals surface area contributed by atoms with Crippen molar-refractivity contribution in [2.45, 2.75) is 26.7 Å². The maximum Gasteiger partial charge on any atom is 0.294 e. The molecule has 6 nitrogen and oxygen atoms in total. The molecule has 7 heteroatoms. The van der Waals surface area contributed by atoms with Gasteiger partial charge in [0.15, 0.2) is 11.5 Å². The fourth-order valence-corrected chi connectivity index (χ4v) is 3.63. The van der Waals surface area contributed by atoms with Crippen LogP contribution < -0.4 is 9.47 Å². The summed E-state index contributed by atoms with van der Waals surface area (Å²) in [6.45, 7) is 6.26. The molecule has 0 unspecified atom stereocenters. The number of benzene rings is 1. The lowest BCUT2D eigenvalue weighted by Gasteiger charge is -2.25. The van der Waals surface area contributed by atoms with Gasteiger partial charge in [-0.3, -0.25) is 19.4 Å². The maximum atomic E-state index is 12.7. The summed E-state index contributed by atoms with van der Waals surface area (Å²) in [5, 5.41) is -0.223. The Morgan fingerprint density at radius 2 is 1.73 bits per heavy atom. The molecule has 1 heterocycles. The van der Waals surface area contributed by atoms with Crippen LogP contribution in [-0.4, -0.2) is 54.9 Å². The van der Waals surface area contributed by atoms with E-state index in [4.69, 9.17) is 9.47 Å². The summed E-state index contributed by atoms with van der Waals surface area (Å²) >= 11 is 0.978. The zero-order valence-corrected chi connectivity index (χ0v) is 16.6. The van der Waals surface area contributed by atoms with Gasteiger partial charge in [0.05, 0.1) is 25.8 Å². The SMILES string of the molecule is CCCN(CCC)CN1C(=O)SC(=Cc2ccc(OC)c(OC)c2)C1=O. The Hall–Kier alpha value is -1.99. The highest BCUT2D eigenvalue weighted by atomic mass is 32.2.